The highest BCUT2D eigenvalue weighted by atomic mass is 16.5. The summed E-state index contributed by atoms with van der Waals surface area (Å²) in [4.78, 5) is 26.6. The molecule has 2 aromatic carbocycles. The van der Waals surface area contributed by atoms with E-state index >= 15 is 0 Å². The molecule has 1 amide bonds. The minimum Gasteiger partial charge on any atom is -0.493 e. The number of ether oxygens (including phenoxy) is 3. The number of methoxy groups -OCH3 is 1. The highest BCUT2D eigenvalue weighted by molar-refractivity contribution is 5.78. The lowest BCUT2D eigenvalue weighted by Gasteiger charge is -2.37. The summed E-state index contributed by atoms with van der Waals surface area (Å²) in [6.45, 7) is 6.10. The monoisotopic (exact) mass is 453 g/mol. The van der Waals surface area contributed by atoms with Crippen molar-refractivity contribution in [3.05, 3.63) is 59.7 Å². The van der Waals surface area contributed by atoms with Gasteiger partial charge in [0.25, 0.3) is 0 Å². The number of piperidine rings is 1. The Morgan fingerprint density at radius 1 is 1.03 bits per heavy atom. The Morgan fingerprint density at radius 3 is 2.52 bits per heavy atom. The lowest BCUT2D eigenvalue weighted by atomic mass is 9.81. The number of benzene rings is 2. The Morgan fingerprint density at radius 2 is 1.82 bits per heavy atom. The fourth-order valence-electron chi connectivity index (χ4n) is 4.39. The van der Waals surface area contributed by atoms with Crippen molar-refractivity contribution in [2.75, 3.05) is 26.8 Å². The Labute approximate surface area is 196 Å². The topological polar surface area (TPSA) is 65.1 Å². The highest BCUT2D eigenvalue weighted by Gasteiger charge is 2.34. The van der Waals surface area contributed by atoms with Gasteiger partial charge in [-0.15, -0.1) is 0 Å². The minimum atomic E-state index is -0.205. The van der Waals surface area contributed by atoms with E-state index in [0.29, 0.717) is 56.6 Å². The fourth-order valence-corrected chi connectivity index (χ4v) is 4.39. The number of nitrogens with zero attached hydrogens (tertiary/aromatic N) is 1. The van der Waals surface area contributed by atoms with Crippen LogP contribution in [-0.4, -0.2) is 43.6 Å². The van der Waals surface area contributed by atoms with Crippen molar-refractivity contribution in [1.29, 1.82) is 0 Å². The number of carbonyl (C=O) groups is 2. The summed E-state index contributed by atoms with van der Waals surface area (Å²) in [5, 5.41) is 0. The number of rotatable bonds is 11. The molecular weight excluding hydrogens is 418 g/mol. The van der Waals surface area contributed by atoms with E-state index in [1.165, 1.54) is 0 Å². The molecule has 0 aromatic heterocycles. The molecule has 0 saturated carbocycles. The van der Waals surface area contributed by atoms with Crippen LogP contribution in [0, 0.1) is 11.8 Å². The maximum Gasteiger partial charge on any atom is 0.306 e. The summed E-state index contributed by atoms with van der Waals surface area (Å²) in [5.41, 5.74) is 2.18. The molecule has 1 saturated heterocycles. The molecule has 1 aliphatic rings. The van der Waals surface area contributed by atoms with Crippen LogP contribution in [-0.2, 0) is 27.4 Å². The molecule has 0 bridgehead atoms. The molecule has 33 heavy (non-hydrogen) atoms. The Kier molecular flexibility index (Phi) is 9.16. The molecule has 0 unspecified atom stereocenters. The second-order valence-corrected chi connectivity index (χ2v) is 8.49. The van der Waals surface area contributed by atoms with Crippen molar-refractivity contribution < 1.29 is 23.8 Å². The first-order chi connectivity index (χ1) is 16.0. The van der Waals surface area contributed by atoms with Gasteiger partial charge in [-0.25, -0.2) is 0 Å². The third kappa shape index (κ3) is 6.98. The second-order valence-electron chi connectivity index (χ2n) is 8.49. The lowest BCUT2D eigenvalue weighted by molar-refractivity contribution is -0.147. The van der Waals surface area contributed by atoms with Crippen LogP contribution in [0.1, 0.15) is 44.2 Å². The summed E-state index contributed by atoms with van der Waals surface area (Å²) >= 11 is 0. The normalized spacial score (nSPS) is 18.2. The van der Waals surface area contributed by atoms with Gasteiger partial charge in [0, 0.05) is 25.9 Å². The van der Waals surface area contributed by atoms with Crippen LogP contribution < -0.4 is 9.47 Å². The van der Waals surface area contributed by atoms with Crippen molar-refractivity contribution in [2.45, 2.75) is 46.1 Å². The summed E-state index contributed by atoms with van der Waals surface area (Å²) in [5.74, 6) is 1.68. The number of esters is 1. The third-order valence-corrected chi connectivity index (χ3v) is 6.31. The largest absolute Gasteiger partial charge is 0.493 e. The number of hydrogen-bond donors (Lipinski definition) is 0. The van der Waals surface area contributed by atoms with Crippen molar-refractivity contribution in [1.82, 2.24) is 4.90 Å². The summed E-state index contributed by atoms with van der Waals surface area (Å²) in [6, 6.07) is 15.9. The second kappa shape index (κ2) is 12.3. The molecule has 0 spiro atoms. The maximum absolute atomic E-state index is 12.8. The van der Waals surface area contributed by atoms with Crippen LogP contribution in [0.2, 0.25) is 0 Å². The van der Waals surface area contributed by atoms with Crippen LogP contribution >= 0.6 is 0 Å². The van der Waals surface area contributed by atoms with Gasteiger partial charge >= 0.3 is 5.97 Å². The standard InChI is InChI=1S/C27H35NO5/c1-4-22-18-28(26(29)16-23(22)17-27(30)32-5-2)14-13-20-11-12-24(31-3)25(15-20)33-19-21-9-7-6-8-10-21/h6-12,15,22-23H,4-5,13-14,16-19H2,1-3H3/t22-,23+/m0/s1. The van der Waals surface area contributed by atoms with E-state index in [4.69, 9.17) is 14.2 Å². The van der Waals surface area contributed by atoms with Crippen molar-refractivity contribution in [3.63, 3.8) is 0 Å². The van der Waals surface area contributed by atoms with Crippen molar-refractivity contribution in [3.8, 4) is 11.5 Å². The zero-order chi connectivity index (χ0) is 23.6. The van der Waals surface area contributed by atoms with Crippen LogP contribution in [0.25, 0.3) is 0 Å². The molecule has 3 rings (SSSR count). The van der Waals surface area contributed by atoms with Crippen molar-refractivity contribution >= 4 is 11.9 Å². The van der Waals surface area contributed by atoms with E-state index in [9.17, 15) is 9.59 Å². The predicted octanol–water partition coefficient (Wildman–Crippen LogP) is 4.64. The summed E-state index contributed by atoms with van der Waals surface area (Å²) < 4.78 is 16.6. The van der Waals surface area contributed by atoms with Gasteiger partial charge in [0.2, 0.25) is 5.91 Å². The number of hydrogen-bond acceptors (Lipinski definition) is 5. The molecule has 1 fully saturated rings. The average Bonchev–Trinajstić information content (AvgIpc) is 2.83. The zero-order valence-corrected chi connectivity index (χ0v) is 19.9. The minimum absolute atomic E-state index is 0.0665. The highest BCUT2D eigenvalue weighted by Crippen LogP contribution is 2.32. The molecule has 6 nitrogen and oxygen atoms in total. The van der Waals surface area contributed by atoms with E-state index in [1.54, 1.807) is 14.0 Å². The first-order valence-electron chi connectivity index (χ1n) is 11.8. The molecular formula is C27H35NO5. The molecule has 0 N–H and O–H groups in total. The molecule has 1 heterocycles. The van der Waals surface area contributed by atoms with Gasteiger partial charge in [-0.1, -0.05) is 49.7 Å². The quantitative estimate of drug-likeness (QED) is 0.464. The van der Waals surface area contributed by atoms with Gasteiger partial charge in [-0.2, -0.15) is 0 Å². The smallest absolute Gasteiger partial charge is 0.306 e. The van der Waals surface area contributed by atoms with Gasteiger partial charge in [0.15, 0.2) is 11.5 Å². The maximum atomic E-state index is 12.8. The molecule has 2 atom stereocenters. The van der Waals surface area contributed by atoms with Crippen LogP contribution in [0.5, 0.6) is 11.5 Å². The predicted molar refractivity (Wildman–Crippen MR) is 127 cm³/mol. The van der Waals surface area contributed by atoms with Crippen LogP contribution in [0.15, 0.2) is 48.5 Å². The molecule has 1 aliphatic heterocycles. The molecule has 6 heteroatoms. The third-order valence-electron chi connectivity index (χ3n) is 6.31. The first kappa shape index (κ1) is 24.6. The van der Waals surface area contributed by atoms with E-state index in [0.717, 1.165) is 24.0 Å². The van der Waals surface area contributed by atoms with E-state index < -0.39 is 0 Å². The lowest BCUT2D eigenvalue weighted by Crippen LogP contribution is -2.45. The van der Waals surface area contributed by atoms with E-state index in [2.05, 4.69) is 6.92 Å². The molecule has 0 radical (unpaired) electrons. The van der Waals surface area contributed by atoms with E-state index in [1.807, 2.05) is 53.4 Å². The molecule has 178 valence electrons. The van der Waals surface area contributed by atoms with Crippen molar-refractivity contribution in [2.24, 2.45) is 11.8 Å². The SMILES string of the molecule is CCOC(=O)C[C@H]1CC(=O)N(CCc2ccc(OC)c(OCc3ccccc3)c2)C[C@@H]1CC. The summed E-state index contributed by atoms with van der Waals surface area (Å²) in [6.07, 6.45) is 2.40. The van der Waals surface area contributed by atoms with Gasteiger partial charge in [0.1, 0.15) is 6.61 Å². The number of likely N-dealkylation sites (tertiary alicyclic amines) is 1. The van der Waals surface area contributed by atoms with Gasteiger partial charge in [-0.05, 0) is 48.4 Å². The number of amides is 1. The Hall–Kier alpha value is -3.02. The van der Waals surface area contributed by atoms with Gasteiger partial charge < -0.3 is 19.1 Å². The fraction of sp³-hybridized carbons (Fsp3) is 0.481. The first-order valence-corrected chi connectivity index (χ1v) is 11.8. The molecule has 0 aliphatic carbocycles. The number of carbonyl (C=O) groups excluding carboxylic acids is 2. The van der Waals surface area contributed by atoms with Gasteiger partial charge in [-0.3, -0.25) is 9.59 Å². The van der Waals surface area contributed by atoms with Gasteiger partial charge in [0.05, 0.1) is 13.7 Å². The van der Waals surface area contributed by atoms with Crippen LogP contribution in [0.3, 0.4) is 0 Å². The Bertz CT molecular complexity index is 914. The average molecular weight is 454 g/mol. The molecule has 2 aromatic rings. The zero-order valence-electron chi connectivity index (χ0n) is 19.9. The Balaban J connectivity index is 1.59. The van der Waals surface area contributed by atoms with E-state index in [-0.39, 0.29) is 17.8 Å². The van der Waals surface area contributed by atoms with Crippen LogP contribution in [0.4, 0.5) is 0 Å². The summed E-state index contributed by atoms with van der Waals surface area (Å²) in [7, 11) is 1.63.